The van der Waals surface area contributed by atoms with Crippen molar-refractivity contribution in [2.45, 2.75) is 19.8 Å². The number of para-hydroxylation sites is 1. The summed E-state index contributed by atoms with van der Waals surface area (Å²) in [7, 11) is 0. The van der Waals surface area contributed by atoms with Crippen molar-refractivity contribution in [3.8, 4) is 0 Å². The number of anilines is 2. The van der Waals surface area contributed by atoms with Crippen molar-refractivity contribution in [1.82, 2.24) is 4.98 Å². The Morgan fingerprint density at radius 1 is 1.00 bits per heavy atom. The fourth-order valence-corrected chi connectivity index (χ4v) is 4.09. The van der Waals surface area contributed by atoms with Crippen molar-refractivity contribution in [2.75, 3.05) is 4.90 Å². The van der Waals surface area contributed by atoms with Gasteiger partial charge in [0, 0.05) is 0 Å². The van der Waals surface area contributed by atoms with Crippen LogP contribution in [0, 0.1) is 5.82 Å². The molecule has 1 amide bonds. The molecule has 0 fully saturated rings. The molecule has 0 bridgehead atoms. The van der Waals surface area contributed by atoms with Crippen molar-refractivity contribution >= 4 is 38.3 Å². The van der Waals surface area contributed by atoms with Gasteiger partial charge >= 0.3 is 0 Å². The summed E-state index contributed by atoms with van der Waals surface area (Å²) in [6.07, 6.45) is 0.892. The number of benzene rings is 3. The summed E-state index contributed by atoms with van der Waals surface area (Å²) < 4.78 is 15.1. The SMILES string of the molecule is CCc1ccc(N(C(=O)Cc2ccccc2F)c2nc3ccccc3s2)cc1. The van der Waals surface area contributed by atoms with Gasteiger partial charge in [-0.2, -0.15) is 0 Å². The second kappa shape index (κ2) is 7.90. The van der Waals surface area contributed by atoms with Crippen LogP contribution in [0.4, 0.5) is 15.2 Å². The van der Waals surface area contributed by atoms with E-state index in [4.69, 9.17) is 0 Å². The highest BCUT2D eigenvalue weighted by molar-refractivity contribution is 7.22. The third-order valence-electron chi connectivity index (χ3n) is 4.63. The minimum atomic E-state index is -0.374. The van der Waals surface area contributed by atoms with Gasteiger partial charge in [-0.3, -0.25) is 9.69 Å². The maximum absolute atomic E-state index is 14.1. The van der Waals surface area contributed by atoms with Gasteiger partial charge in [0.25, 0.3) is 0 Å². The van der Waals surface area contributed by atoms with E-state index in [0.717, 1.165) is 22.3 Å². The Balaban J connectivity index is 1.75. The van der Waals surface area contributed by atoms with Crippen LogP contribution in [0.5, 0.6) is 0 Å². The molecule has 0 aliphatic rings. The maximum Gasteiger partial charge on any atom is 0.237 e. The van der Waals surface area contributed by atoms with Gasteiger partial charge in [-0.05, 0) is 47.9 Å². The minimum Gasteiger partial charge on any atom is -0.274 e. The molecule has 1 aromatic heterocycles. The summed E-state index contributed by atoms with van der Waals surface area (Å²) in [5.41, 5.74) is 3.15. The Morgan fingerprint density at radius 3 is 2.43 bits per heavy atom. The van der Waals surface area contributed by atoms with E-state index in [0.29, 0.717) is 10.7 Å². The van der Waals surface area contributed by atoms with E-state index in [1.165, 1.54) is 23.0 Å². The van der Waals surface area contributed by atoms with Crippen LogP contribution in [0.3, 0.4) is 0 Å². The molecular formula is C23H19FN2OS. The molecular weight excluding hydrogens is 371 g/mol. The van der Waals surface area contributed by atoms with Crippen molar-refractivity contribution in [3.05, 3.63) is 89.7 Å². The highest BCUT2D eigenvalue weighted by Crippen LogP contribution is 2.34. The fourth-order valence-electron chi connectivity index (χ4n) is 3.08. The summed E-state index contributed by atoms with van der Waals surface area (Å²) in [5, 5.41) is 0.590. The van der Waals surface area contributed by atoms with E-state index >= 15 is 0 Å². The zero-order chi connectivity index (χ0) is 19.5. The fraction of sp³-hybridized carbons (Fsp3) is 0.130. The molecule has 140 valence electrons. The number of hydrogen-bond acceptors (Lipinski definition) is 3. The summed E-state index contributed by atoms with van der Waals surface area (Å²) in [4.78, 5) is 19.5. The Hall–Kier alpha value is -3.05. The minimum absolute atomic E-state index is 0.0296. The molecule has 4 aromatic rings. The van der Waals surface area contributed by atoms with Gasteiger partial charge in [-0.25, -0.2) is 9.37 Å². The van der Waals surface area contributed by atoms with Crippen molar-refractivity contribution < 1.29 is 9.18 Å². The number of thiazole rings is 1. The van der Waals surface area contributed by atoms with Crippen LogP contribution in [0.25, 0.3) is 10.2 Å². The first-order valence-corrected chi connectivity index (χ1v) is 9.98. The van der Waals surface area contributed by atoms with Gasteiger partial charge in [0.15, 0.2) is 5.13 Å². The quantitative estimate of drug-likeness (QED) is 0.425. The van der Waals surface area contributed by atoms with E-state index in [1.54, 1.807) is 23.1 Å². The third kappa shape index (κ3) is 3.66. The molecule has 0 atom stereocenters. The van der Waals surface area contributed by atoms with E-state index < -0.39 is 0 Å². The Labute approximate surface area is 167 Å². The normalized spacial score (nSPS) is 10.9. The second-order valence-electron chi connectivity index (χ2n) is 6.48. The van der Waals surface area contributed by atoms with E-state index in [2.05, 4.69) is 11.9 Å². The number of carbonyl (C=O) groups is 1. The summed E-state index contributed by atoms with van der Waals surface area (Å²) in [5.74, 6) is -0.588. The van der Waals surface area contributed by atoms with Gasteiger partial charge < -0.3 is 0 Å². The number of nitrogens with zero attached hydrogens (tertiary/aromatic N) is 2. The summed E-state index contributed by atoms with van der Waals surface area (Å²) in [6.45, 7) is 2.09. The number of aromatic nitrogens is 1. The van der Waals surface area contributed by atoms with Crippen LogP contribution in [0.2, 0.25) is 0 Å². The number of fused-ring (bicyclic) bond motifs is 1. The number of carbonyl (C=O) groups excluding carboxylic acids is 1. The lowest BCUT2D eigenvalue weighted by Gasteiger charge is -2.20. The zero-order valence-corrected chi connectivity index (χ0v) is 16.2. The first kappa shape index (κ1) is 18.3. The lowest BCUT2D eigenvalue weighted by molar-refractivity contribution is -0.117. The molecule has 4 rings (SSSR count). The number of aryl methyl sites for hydroxylation is 1. The largest absolute Gasteiger partial charge is 0.274 e. The smallest absolute Gasteiger partial charge is 0.237 e. The topological polar surface area (TPSA) is 33.2 Å². The predicted molar refractivity (Wildman–Crippen MR) is 113 cm³/mol. The highest BCUT2D eigenvalue weighted by Gasteiger charge is 2.23. The molecule has 0 aliphatic carbocycles. The first-order chi connectivity index (χ1) is 13.7. The molecule has 3 aromatic carbocycles. The number of halogens is 1. The van der Waals surface area contributed by atoms with Crippen molar-refractivity contribution in [1.29, 1.82) is 0 Å². The van der Waals surface area contributed by atoms with Gasteiger partial charge in [0.2, 0.25) is 5.91 Å². The van der Waals surface area contributed by atoms with Crippen LogP contribution in [-0.4, -0.2) is 10.9 Å². The average molecular weight is 390 g/mol. The van der Waals surface area contributed by atoms with Gasteiger partial charge in [0.05, 0.1) is 22.3 Å². The maximum atomic E-state index is 14.1. The highest BCUT2D eigenvalue weighted by atomic mass is 32.1. The lowest BCUT2D eigenvalue weighted by Crippen LogP contribution is -2.27. The molecule has 0 unspecified atom stereocenters. The molecule has 5 heteroatoms. The van der Waals surface area contributed by atoms with Crippen LogP contribution < -0.4 is 4.90 Å². The molecule has 0 saturated heterocycles. The Bertz CT molecular complexity index is 1090. The molecule has 0 radical (unpaired) electrons. The molecule has 0 aliphatic heterocycles. The average Bonchev–Trinajstić information content (AvgIpc) is 3.14. The van der Waals surface area contributed by atoms with Crippen LogP contribution in [-0.2, 0) is 17.6 Å². The van der Waals surface area contributed by atoms with Crippen LogP contribution in [0.1, 0.15) is 18.1 Å². The van der Waals surface area contributed by atoms with Gasteiger partial charge in [-0.1, -0.05) is 60.7 Å². The molecule has 0 spiro atoms. The molecule has 28 heavy (non-hydrogen) atoms. The number of amides is 1. The monoisotopic (exact) mass is 390 g/mol. The molecule has 1 heterocycles. The van der Waals surface area contributed by atoms with E-state index in [-0.39, 0.29) is 18.1 Å². The summed E-state index contributed by atoms with van der Waals surface area (Å²) in [6, 6.07) is 22.0. The van der Waals surface area contributed by atoms with Gasteiger partial charge in [-0.15, -0.1) is 0 Å². The van der Waals surface area contributed by atoms with E-state index in [9.17, 15) is 9.18 Å². The predicted octanol–water partition coefficient (Wildman–Crippen LogP) is 5.91. The van der Waals surface area contributed by atoms with Crippen LogP contribution >= 0.6 is 11.3 Å². The first-order valence-electron chi connectivity index (χ1n) is 9.16. The Kier molecular flexibility index (Phi) is 5.17. The molecule has 0 N–H and O–H groups in total. The van der Waals surface area contributed by atoms with Crippen molar-refractivity contribution in [2.24, 2.45) is 0 Å². The lowest BCUT2D eigenvalue weighted by atomic mass is 10.1. The van der Waals surface area contributed by atoms with E-state index in [1.807, 2.05) is 48.5 Å². The molecule has 0 saturated carbocycles. The second-order valence-corrected chi connectivity index (χ2v) is 7.49. The molecule has 3 nitrogen and oxygen atoms in total. The zero-order valence-electron chi connectivity index (χ0n) is 15.4. The summed E-state index contributed by atoms with van der Waals surface area (Å²) >= 11 is 1.45. The third-order valence-corrected chi connectivity index (χ3v) is 5.65. The number of rotatable bonds is 5. The van der Waals surface area contributed by atoms with Crippen LogP contribution in [0.15, 0.2) is 72.8 Å². The number of hydrogen-bond donors (Lipinski definition) is 0. The Morgan fingerprint density at radius 2 is 1.71 bits per heavy atom. The standard InChI is InChI=1S/C23H19FN2OS/c1-2-16-11-13-18(14-12-16)26(22(27)15-17-7-3-4-8-19(17)24)23-25-20-9-5-6-10-21(20)28-23/h3-14H,2,15H2,1H3. The van der Waals surface area contributed by atoms with Gasteiger partial charge in [0.1, 0.15) is 5.82 Å². The van der Waals surface area contributed by atoms with Crippen molar-refractivity contribution in [3.63, 3.8) is 0 Å².